The predicted octanol–water partition coefficient (Wildman–Crippen LogP) is 3.19. The molecule has 2 rings (SSSR count). The van der Waals surface area contributed by atoms with Crippen LogP contribution in [-0.2, 0) is 9.53 Å². The fourth-order valence-electron chi connectivity index (χ4n) is 2.31. The van der Waals surface area contributed by atoms with E-state index in [1.807, 2.05) is 0 Å². The highest BCUT2D eigenvalue weighted by atomic mass is 127. The van der Waals surface area contributed by atoms with Gasteiger partial charge in [-0.2, -0.15) is 8.78 Å². The Bertz CT molecular complexity index is 683. The summed E-state index contributed by atoms with van der Waals surface area (Å²) in [5.41, 5.74) is 0.704. The van der Waals surface area contributed by atoms with Gasteiger partial charge in [0.05, 0.1) is 18.2 Å². The molecule has 0 spiro atoms. The summed E-state index contributed by atoms with van der Waals surface area (Å²) in [5, 5.41) is 0. The maximum absolute atomic E-state index is 13.4. The van der Waals surface area contributed by atoms with Crippen molar-refractivity contribution in [3.8, 4) is 0 Å². The third kappa shape index (κ3) is 3.80. The summed E-state index contributed by atoms with van der Waals surface area (Å²) in [5.74, 6) is -6.08. The molecule has 0 saturated heterocycles. The molecule has 5 nitrogen and oxygen atoms in total. The molecule has 0 radical (unpaired) electrons. The molecule has 1 aliphatic rings. The van der Waals surface area contributed by atoms with Crippen molar-refractivity contribution in [2.75, 3.05) is 13.7 Å². The number of carbonyl (C=O) groups excluding carboxylic acids is 3. The van der Waals surface area contributed by atoms with E-state index in [9.17, 15) is 23.2 Å². The van der Waals surface area contributed by atoms with E-state index >= 15 is 0 Å². The van der Waals surface area contributed by atoms with Crippen molar-refractivity contribution in [2.24, 2.45) is 0 Å². The van der Waals surface area contributed by atoms with Crippen molar-refractivity contribution in [1.82, 2.24) is 4.90 Å². The minimum Gasteiger partial charge on any atom is -0.464 e. The van der Waals surface area contributed by atoms with Crippen LogP contribution in [0, 0.1) is 0 Å². The van der Waals surface area contributed by atoms with Crippen molar-refractivity contribution in [3.63, 3.8) is 0 Å². The van der Waals surface area contributed by atoms with Crippen molar-refractivity contribution < 1.29 is 27.9 Å². The van der Waals surface area contributed by atoms with Gasteiger partial charge in [-0.3, -0.25) is 14.5 Å². The second-order valence-corrected chi connectivity index (χ2v) is 6.50. The molecule has 24 heavy (non-hydrogen) atoms. The molecule has 8 heteroatoms. The molecule has 1 aromatic carbocycles. The summed E-state index contributed by atoms with van der Waals surface area (Å²) in [4.78, 5) is 36.3. The van der Waals surface area contributed by atoms with Gasteiger partial charge in [-0.1, -0.05) is 12.1 Å². The normalized spacial score (nSPS) is 14.8. The molecular weight excluding hydrogens is 435 g/mol. The molecule has 0 unspecified atom stereocenters. The first kappa shape index (κ1) is 18.5. The molecule has 0 atom stereocenters. The Labute approximate surface area is 150 Å². The van der Waals surface area contributed by atoms with Gasteiger partial charge in [-0.25, -0.2) is 4.79 Å². The standard InChI is InChI=1S/C16H14F2INO4/c1-24-15(23)16(17,18)9-10(19)5-4-8-20-13(21)11-6-2-3-7-12(11)14(20)22/h2-3,6-7,9H,4-5,8H2,1H3. The molecule has 0 N–H and O–H groups in total. The van der Waals surface area contributed by atoms with Crippen LogP contribution < -0.4 is 0 Å². The van der Waals surface area contributed by atoms with Gasteiger partial charge in [-0.05, 0) is 51.1 Å². The maximum Gasteiger partial charge on any atom is 0.381 e. The van der Waals surface area contributed by atoms with Crippen molar-refractivity contribution in [3.05, 3.63) is 45.0 Å². The van der Waals surface area contributed by atoms with Crippen LogP contribution in [0.2, 0.25) is 0 Å². The van der Waals surface area contributed by atoms with Gasteiger partial charge in [-0.15, -0.1) is 0 Å². The summed E-state index contributed by atoms with van der Waals surface area (Å²) >= 11 is 1.70. The number of ether oxygens (including phenoxy) is 1. The van der Waals surface area contributed by atoms with Gasteiger partial charge in [0.1, 0.15) is 0 Å². The van der Waals surface area contributed by atoms with Crippen molar-refractivity contribution in [2.45, 2.75) is 18.8 Å². The Morgan fingerprint density at radius 2 is 1.79 bits per heavy atom. The lowest BCUT2D eigenvalue weighted by Crippen LogP contribution is -2.30. The Morgan fingerprint density at radius 3 is 2.29 bits per heavy atom. The van der Waals surface area contributed by atoms with Crippen LogP contribution in [0.4, 0.5) is 8.78 Å². The highest BCUT2D eigenvalue weighted by molar-refractivity contribution is 14.1. The van der Waals surface area contributed by atoms with Crippen LogP contribution in [-0.4, -0.2) is 42.3 Å². The van der Waals surface area contributed by atoms with Crippen molar-refractivity contribution in [1.29, 1.82) is 0 Å². The molecule has 0 bridgehead atoms. The van der Waals surface area contributed by atoms with Crippen LogP contribution in [0.25, 0.3) is 0 Å². The average Bonchev–Trinajstić information content (AvgIpc) is 2.79. The molecule has 0 aromatic heterocycles. The van der Waals surface area contributed by atoms with Gasteiger partial charge in [0, 0.05) is 12.6 Å². The van der Waals surface area contributed by atoms with Crippen LogP contribution >= 0.6 is 22.6 Å². The number of fused-ring (bicyclic) bond motifs is 1. The number of imide groups is 1. The molecular formula is C16H14F2INO4. The number of amides is 2. The SMILES string of the molecule is COC(=O)C(F)(F)C=C(I)CCCN1C(=O)c2ccccc2C1=O. The Hall–Kier alpha value is -1.84. The van der Waals surface area contributed by atoms with Gasteiger partial charge in [0.25, 0.3) is 11.8 Å². The van der Waals surface area contributed by atoms with Crippen LogP contribution in [0.5, 0.6) is 0 Å². The minimum atomic E-state index is -3.69. The average molecular weight is 449 g/mol. The summed E-state index contributed by atoms with van der Waals surface area (Å²) in [6.07, 6.45) is 1.06. The number of nitrogens with zero attached hydrogens (tertiary/aromatic N) is 1. The molecule has 128 valence electrons. The van der Waals surface area contributed by atoms with Gasteiger partial charge < -0.3 is 4.74 Å². The van der Waals surface area contributed by atoms with E-state index in [0.29, 0.717) is 23.6 Å². The number of allylic oxidation sites excluding steroid dienone is 1. The highest BCUT2D eigenvalue weighted by Crippen LogP contribution is 2.26. The van der Waals surface area contributed by atoms with E-state index in [4.69, 9.17) is 0 Å². The summed E-state index contributed by atoms with van der Waals surface area (Å²) in [6.45, 7) is 0.122. The second-order valence-electron chi connectivity index (χ2n) is 5.12. The number of hydrogen-bond acceptors (Lipinski definition) is 4. The minimum absolute atomic E-state index is 0.122. The lowest BCUT2D eigenvalue weighted by Gasteiger charge is -2.14. The first-order valence-corrected chi connectivity index (χ1v) is 8.14. The van der Waals surface area contributed by atoms with Crippen LogP contribution in [0.3, 0.4) is 0 Å². The number of methoxy groups -OCH3 is 1. The molecule has 1 aromatic rings. The molecule has 0 fully saturated rings. The highest BCUT2D eigenvalue weighted by Gasteiger charge is 2.38. The van der Waals surface area contributed by atoms with E-state index in [1.54, 1.807) is 46.9 Å². The second kappa shape index (κ2) is 7.37. The number of halogens is 3. The Balaban J connectivity index is 1.95. The third-order valence-corrected chi connectivity index (χ3v) is 4.32. The smallest absolute Gasteiger partial charge is 0.381 e. The van der Waals surface area contributed by atoms with Crippen molar-refractivity contribution >= 4 is 40.4 Å². The largest absolute Gasteiger partial charge is 0.464 e. The fourth-order valence-corrected chi connectivity index (χ4v) is 3.08. The number of hydrogen-bond donors (Lipinski definition) is 0. The number of carbonyl (C=O) groups is 3. The topological polar surface area (TPSA) is 63.7 Å². The zero-order chi connectivity index (χ0) is 17.9. The number of benzene rings is 1. The van der Waals surface area contributed by atoms with E-state index < -0.39 is 11.9 Å². The summed E-state index contributed by atoms with van der Waals surface area (Å²) < 4.78 is 31.1. The first-order valence-electron chi connectivity index (χ1n) is 7.06. The van der Waals surface area contributed by atoms with Gasteiger partial charge in [0.15, 0.2) is 0 Å². The fraction of sp³-hybridized carbons (Fsp3) is 0.312. The molecule has 1 aliphatic heterocycles. The molecule has 2 amide bonds. The van der Waals surface area contributed by atoms with Crippen LogP contribution in [0.15, 0.2) is 33.9 Å². The quantitative estimate of drug-likeness (QED) is 0.380. The monoisotopic (exact) mass is 449 g/mol. The first-order chi connectivity index (χ1) is 11.3. The number of alkyl halides is 2. The van der Waals surface area contributed by atoms with E-state index in [-0.39, 0.29) is 28.4 Å². The van der Waals surface area contributed by atoms with E-state index in [1.165, 1.54) is 0 Å². The lowest BCUT2D eigenvalue weighted by molar-refractivity contribution is -0.161. The maximum atomic E-state index is 13.4. The zero-order valence-electron chi connectivity index (χ0n) is 12.7. The molecule has 0 saturated carbocycles. The van der Waals surface area contributed by atoms with E-state index in [0.717, 1.165) is 12.0 Å². The Kier molecular flexibility index (Phi) is 5.68. The Morgan fingerprint density at radius 1 is 1.25 bits per heavy atom. The van der Waals surface area contributed by atoms with Crippen LogP contribution in [0.1, 0.15) is 33.6 Å². The van der Waals surface area contributed by atoms with Gasteiger partial charge in [0.2, 0.25) is 0 Å². The third-order valence-electron chi connectivity index (χ3n) is 3.47. The molecule has 0 aliphatic carbocycles. The van der Waals surface area contributed by atoms with E-state index in [2.05, 4.69) is 4.74 Å². The number of esters is 1. The number of rotatable bonds is 6. The summed E-state index contributed by atoms with van der Waals surface area (Å²) in [6, 6.07) is 6.51. The lowest BCUT2D eigenvalue weighted by atomic mass is 10.1. The molecule has 1 heterocycles. The predicted molar refractivity (Wildman–Crippen MR) is 90.1 cm³/mol. The van der Waals surface area contributed by atoms with Gasteiger partial charge >= 0.3 is 11.9 Å². The summed E-state index contributed by atoms with van der Waals surface area (Å²) in [7, 11) is 0.888. The zero-order valence-corrected chi connectivity index (χ0v) is 14.9.